The minimum absolute atomic E-state index is 0.0520. The maximum Gasteiger partial charge on any atom is 0.410 e. The standard InChI is InChI=1S/C21H22N6O5/c28-19(12-26-18(14-31-21(26)29)15-5-2-1-3-6-15)25-9-10-30-16(11-25)13-32-27-20-17(23-24-27)7-4-8-22-20/h1-8,16,18H,9-14H2. The molecule has 0 N–H and O–H groups in total. The number of morpholine rings is 1. The number of amides is 2. The molecule has 2 unspecified atom stereocenters. The molecule has 2 atom stereocenters. The zero-order chi connectivity index (χ0) is 21.9. The number of benzene rings is 1. The molecule has 11 heteroatoms. The largest absolute Gasteiger partial charge is 0.447 e. The zero-order valence-corrected chi connectivity index (χ0v) is 17.2. The van der Waals surface area contributed by atoms with Crippen LogP contribution in [0, 0.1) is 0 Å². The van der Waals surface area contributed by atoms with Crippen LogP contribution in [0.15, 0.2) is 48.7 Å². The summed E-state index contributed by atoms with van der Waals surface area (Å²) in [4.78, 5) is 39.5. The number of carbonyl (C=O) groups excluding carboxylic acids is 2. The monoisotopic (exact) mass is 438 g/mol. The number of ether oxygens (including phenoxy) is 2. The van der Waals surface area contributed by atoms with Crippen molar-refractivity contribution >= 4 is 23.2 Å². The van der Waals surface area contributed by atoms with Crippen LogP contribution >= 0.6 is 0 Å². The van der Waals surface area contributed by atoms with Crippen LogP contribution in [0.25, 0.3) is 11.2 Å². The van der Waals surface area contributed by atoms with E-state index in [0.717, 1.165) is 5.56 Å². The molecule has 0 radical (unpaired) electrons. The predicted octanol–water partition coefficient (Wildman–Crippen LogP) is 0.676. The van der Waals surface area contributed by atoms with Crippen molar-refractivity contribution in [2.75, 3.05) is 39.5 Å². The number of hydrogen-bond donors (Lipinski definition) is 0. The summed E-state index contributed by atoms with van der Waals surface area (Å²) in [5.41, 5.74) is 2.07. The van der Waals surface area contributed by atoms with Crippen LogP contribution in [0.2, 0.25) is 0 Å². The van der Waals surface area contributed by atoms with Gasteiger partial charge in [-0.05, 0) is 22.9 Å². The van der Waals surface area contributed by atoms with Crippen LogP contribution in [0.3, 0.4) is 0 Å². The Morgan fingerprint density at radius 2 is 2.06 bits per heavy atom. The normalized spacial score (nSPS) is 21.1. The SMILES string of the molecule is O=C(CN1C(=O)OCC1c1ccccc1)N1CCOC(COn2nnc3cccnc32)C1. The first-order valence-corrected chi connectivity index (χ1v) is 10.4. The Hall–Kier alpha value is -3.73. The van der Waals surface area contributed by atoms with E-state index < -0.39 is 6.09 Å². The smallest absolute Gasteiger partial charge is 0.410 e. The van der Waals surface area contributed by atoms with E-state index in [1.165, 1.54) is 9.75 Å². The lowest BCUT2D eigenvalue weighted by Gasteiger charge is -2.33. The fraction of sp³-hybridized carbons (Fsp3) is 0.381. The van der Waals surface area contributed by atoms with Gasteiger partial charge < -0.3 is 19.2 Å². The summed E-state index contributed by atoms with van der Waals surface area (Å²) in [7, 11) is 0. The molecule has 32 heavy (non-hydrogen) atoms. The molecule has 2 fully saturated rings. The number of rotatable bonds is 6. The molecule has 2 aliphatic heterocycles. The third-order valence-electron chi connectivity index (χ3n) is 5.52. The molecule has 2 aliphatic rings. The lowest BCUT2D eigenvalue weighted by Crippen LogP contribution is -2.51. The maximum absolute atomic E-state index is 13.0. The van der Waals surface area contributed by atoms with Gasteiger partial charge in [-0.3, -0.25) is 9.69 Å². The second-order valence-electron chi connectivity index (χ2n) is 7.57. The van der Waals surface area contributed by atoms with E-state index in [4.69, 9.17) is 14.3 Å². The molecule has 2 saturated heterocycles. The predicted molar refractivity (Wildman–Crippen MR) is 110 cm³/mol. The van der Waals surface area contributed by atoms with E-state index >= 15 is 0 Å². The van der Waals surface area contributed by atoms with Crippen molar-refractivity contribution in [1.29, 1.82) is 0 Å². The molecule has 2 amide bonds. The number of fused-ring (bicyclic) bond motifs is 1. The molecular weight excluding hydrogens is 416 g/mol. The van der Waals surface area contributed by atoms with Crippen molar-refractivity contribution in [3.63, 3.8) is 0 Å². The van der Waals surface area contributed by atoms with Crippen LogP contribution in [-0.2, 0) is 14.3 Å². The van der Waals surface area contributed by atoms with Crippen LogP contribution in [-0.4, -0.2) is 87.5 Å². The van der Waals surface area contributed by atoms with Crippen LogP contribution in [0.5, 0.6) is 0 Å². The molecular formula is C21H22N6O5. The Kier molecular flexibility index (Phi) is 5.55. The Morgan fingerprint density at radius 3 is 2.94 bits per heavy atom. The summed E-state index contributed by atoms with van der Waals surface area (Å²) < 4.78 is 11.0. The number of carbonyl (C=O) groups is 2. The summed E-state index contributed by atoms with van der Waals surface area (Å²) in [5.74, 6) is -0.161. The zero-order valence-electron chi connectivity index (χ0n) is 17.2. The van der Waals surface area contributed by atoms with E-state index in [-0.39, 0.29) is 37.8 Å². The van der Waals surface area contributed by atoms with Crippen molar-refractivity contribution in [3.8, 4) is 0 Å². The Balaban J connectivity index is 1.19. The fourth-order valence-corrected chi connectivity index (χ4v) is 3.85. The molecule has 0 bridgehead atoms. The lowest BCUT2D eigenvalue weighted by molar-refractivity contribution is -0.142. The van der Waals surface area contributed by atoms with E-state index in [9.17, 15) is 9.59 Å². The summed E-state index contributed by atoms with van der Waals surface area (Å²) in [5, 5.41) is 7.93. The minimum Gasteiger partial charge on any atom is -0.447 e. The van der Waals surface area contributed by atoms with Crippen LogP contribution < -0.4 is 4.84 Å². The average molecular weight is 438 g/mol. The van der Waals surface area contributed by atoms with Gasteiger partial charge in [0.2, 0.25) is 11.6 Å². The van der Waals surface area contributed by atoms with Gasteiger partial charge in [0.25, 0.3) is 0 Å². The summed E-state index contributed by atoms with van der Waals surface area (Å²) >= 11 is 0. The summed E-state index contributed by atoms with van der Waals surface area (Å²) in [6.07, 6.45) is 0.812. The van der Waals surface area contributed by atoms with Gasteiger partial charge in [0.05, 0.1) is 19.2 Å². The minimum atomic E-state index is -0.481. The van der Waals surface area contributed by atoms with E-state index in [2.05, 4.69) is 15.3 Å². The molecule has 2 aromatic heterocycles. The number of pyridine rings is 1. The molecule has 0 aliphatic carbocycles. The number of nitrogens with zero attached hydrogens (tertiary/aromatic N) is 6. The van der Waals surface area contributed by atoms with E-state index in [1.807, 2.05) is 30.3 Å². The second-order valence-corrected chi connectivity index (χ2v) is 7.57. The highest BCUT2D eigenvalue weighted by Gasteiger charge is 2.37. The van der Waals surface area contributed by atoms with Gasteiger partial charge in [0, 0.05) is 12.7 Å². The molecule has 0 spiro atoms. The highest BCUT2D eigenvalue weighted by atomic mass is 16.7. The molecule has 166 valence electrons. The summed E-state index contributed by atoms with van der Waals surface area (Å²) in [6, 6.07) is 12.8. The van der Waals surface area contributed by atoms with Gasteiger partial charge in [-0.2, -0.15) is 0 Å². The third-order valence-corrected chi connectivity index (χ3v) is 5.52. The number of aromatic nitrogens is 4. The van der Waals surface area contributed by atoms with Crippen LogP contribution in [0.1, 0.15) is 11.6 Å². The van der Waals surface area contributed by atoms with Gasteiger partial charge >= 0.3 is 6.09 Å². The highest BCUT2D eigenvalue weighted by Crippen LogP contribution is 2.27. The third kappa shape index (κ3) is 4.06. The van der Waals surface area contributed by atoms with Crippen molar-refractivity contribution in [1.82, 2.24) is 29.9 Å². The summed E-state index contributed by atoms with van der Waals surface area (Å²) in [6.45, 7) is 1.53. The van der Waals surface area contributed by atoms with Gasteiger partial charge in [-0.1, -0.05) is 35.2 Å². The quantitative estimate of drug-likeness (QED) is 0.552. The Morgan fingerprint density at radius 1 is 1.19 bits per heavy atom. The second kappa shape index (κ2) is 8.79. The maximum atomic E-state index is 13.0. The van der Waals surface area contributed by atoms with Crippen molar-refractivity contribution in [3.05, 3.63) is 54.2 Å². The fourth-order valence-electron chi connectivity index (χ4n) is 3.85. The first-order valence-electron chi connectivity index (χ1n) is 10.4. The topological polar surface area (TPSA) is 112 Å². The molecule has 3 aromatic rings. The lowest BCUT2D eigenvalue weighted by atomic mass is 10.1. The van der Waals surface area contributed by atoms with Crippen molar-refractivity contribution in [2.45, 2.75) is 12.1 Å². The van der Waals surface area contributed by atoms with E-state index in [1.54, 1.807) is 23.2 Å². The van der Waals surface area contributed by atoms with Crippen LogP contribution in [0.4, 0.5) is 4.79 Å². The highest BCUT2D eigenvalue weighted by molar-refractivity contribution is 5.83. The number of cyclic esters (lactones) is 1. The Bertz CT molecular complexity index is 1110. The number of hydrogen-bond acceptors (Lipinski definition) is 8. The van der Waals surface area contributed by atoms with Gasteiger partial charge in [-0.25, -0.2) is 9.78 Å². The molecule has 0 saturated carbocycles. The van der Waals surface area contributed by atoms with Gasteiger partial charge in [-0.15, -0.1) is 5.10 Å². The molecule has 4 heterocycles. The Labute approximate surface area is 183 Å². The molecule has 11 nitrogen and oxygen atoms in total. The molecule has 5 rings (SSSR count). The van der Waals surface area contributed by atoms with E-state index in [0.29, 0.717) is 30.9 Å². The van der Waals surface area contributed by atoms with Gasteiger partial charge in [0.1, 0.15) is 31.4 Å². The first-order chi connectivity index (χ1) is 15.7. The first kappa shape index (κ1) is 20.2. The molecule has 1 aromatic carbocycles. The van der Waals surface area contributed by atoms with Crippen molar-refractivity contribution < 1.29 is 23.9 Å². The average Bonchev–Trinajstić information content (AvgIpc) is 3.42. The van der Waals surface area contributed by atoms with Gasteiger partial charge in [0.15, 0.2) is 0 Å². The van der Waals surface area contributed by atoms with Crippen molar-refractivity contribution in [2.24, 2.45) is 0 Å².